The van der Waals surface area contributed by atoms with Crippen LogP contribution in [0.5, 0.6) is 0 Å². The third-order valence-electron chi connectivity index (χ3n) is 3.15. The molecule has 4 nitrogen and oxygen atoms in total. The van der Waals surface area contributed by atoms with Crippen LogP contribution in [-0.4, -0.2) is 23.7 Å². The summed E-state index contributed by atoms with van der Waals surface area (Å²) >= 11 is 0. The maximum atomic E-state index is 13.3. The van der Waals surface area contributed by atoms with Crippen molar-refractivity contribution in [3.05, 3.63) is 35.9 Å². The molecule has 0 aliphatic carbocycles. The molecular formula is C13H11F3N4. The molecule has 0 fully saturated rings. The number of halogens is 3. The quantitative estimate of drug-likeness (QED) is 0.918. The number of pyridine rings is 2. The van der Waals surface area contributed by atoms with E-state index in [9.17, 15) is 13.2 Å². The van der Waals surface area contributed by atoms with Crippen LogP contribution in [0.15, 0.2) is 24.4 Å². The summed E-state index contributed by atoms with van der Waals surface area (Å²) < 4.78 is 38.8. The third kappa shape index (κ3) is 1.95. The van der Waals surface area contributed by atoms with Crippen LogP contribution in [0.2, 0.25) is 0 Å². The van der Waals surface area contributed by atoms with Crippen molar-refractivity contribution < 1.29 is 13.2 Å². The Balaban J connectivity index is 2.15. The zero-order valence-corrected chi connectivity index (χ0v) is 10.6. The Morgan fingerprint density at radius 1 is 1.30 bits per heavy atom. The summed E-state index contributed by atoms with van der Waals surface area (Å²) in [5.41, 5.74) is 0.883. The lowest BCUT2D eigenvalue weighted by atomic mass is 10.1. The van der Waals surface area contributed by atoms with Crippen molar-refractivity contribution in [2.45, 2.75) is 6.43 Å². The van der Waals surface area contributed by atoms with E-state index in [4.69, 9.17) is 0 Å². The third-order valence-corrected chi connectivity index (χ3v) is 3.15. The molecule has 104 valence electrons. The van der Waals surface area contributed by atoms with Gasteiger partial charge in [0.1, 0.15) is 5.69 Å². The molecule has 0 atom stereocenters. The van der Waals surface area contributed by atoms with Gasteiger partial charge in [-0.3, -0.25) is 0 Å². The standard InChI is InChI=1S/C13H11F3N4/c1-20-6-18-13-11(20)7(4-5-17-13)9-3-2-8(14)10(19-9)12(15)16/h2-5,12H,6H2,1H3,(H,17,18). The van der Waals surface area contributed by atoms with Crippen LogP contribution in [0, 0.1) is 5.82 Å². The first-order valence-electron chi connectivity index (χ1n) is 5.97. The minimum absolute atomic E-state index is 0.302. The van der Waals surface area contributed by atoms with Crippen molar-refractivity contribution in [3.8, 4) is 11.3 Å². The maximum Gasteiger partial charge on any atom is 0.283 e. The van der Waals surface area contributed by atoms with Gasteiger partial charge in [-0.05, 0) is 18.2 Å². The normalized spacial score (nSPS) is 13.6. The molecule has 3 rings (SSSR count). The van der Waals surface area contributed by atoms with Gasteiger partial charge >= 0.3 is 0 Å². The van der Waals surface area contributed by atoms with Gasteiger partial charge in [0.25, 0.3) is 6.43 Å². The van der Waals surface area contributed by atoms with Crippen LogP contribution < -0.4 is 10.2 Å². The lowest BCUT2D eigenvalue weighted by molar-refractivity contribution is 0.140. The maximum absolute atomic E-state index is 13.3. The predicted octanol–water partition coefficient (Wildman–Crippen LogP) is 3.04. The second-order valence-corrected chi connectivity index (χ2v) is 4.45. The summed E-state index contributed by atoms with van der Waals surface area (Å²) in [6.45, 7) is 0.572. The number of rotatable bonds is 2. The number of anilines is 2. The fourth-order valence-corrected chi connectivity index (χ4v) is 2.21. The van der Waals surface area contributed by atoms with E-state index in [1.54, 1.807) is 12.3 Å². The monoisotopic (exact) mass is 280 g/mol. The molecule has 0 unspecified atom stereocenters. The summed E-state index contributed by atoms with van der Waals surface area (Å²) in [6.07, 6.45) is -1.38. The average molecular weight is 280 g/mol. The summed E-state index contributed by atoms with van der Waals surface area (Å²) in [7, 11) is 1.85. The molecule has 1 aliphatic heterocycles. The van der Waals surface area contributed by atoms with Crippen molar-refractivity contribution in [1.82, 2.24) is 9.97 Å². The summed E-state index contributed by atoms with van der Waals surface area (Å²) in [4.78, 5) is 9.81. The van der Waals surface area contributed by atoms with Gasteiger partial charge in [-0.1, -0.05) is 0 Å². The molecule has 20 heavy (non-hydrogen) atoms. The Hall–Kier alpha value is -2.31. The number of fused-ring (bicyclic) bond motifs is 1. The summed E-state index contributed by atoms with van der Waals surface area (Å²) in [5, 5.41) is 3.07. The second-order valence-electron chi connectivity index (χ2n) is 4.45. The molecule has 7 heteroatoms. The van der Waals surface area contributed by atoms with Gasteiger partial charge in [-0.2, -0.15) is 0 Å². The van der Waals surface area contributed by atoms with Crippen LogP contribution in [0.4, 0.5) is 24.7 Å². The van der Waals surface area contributed by atoms with E-state index >= 15 is 0 Å². The van der Waals surface area contributed by atoms with Crippen molar-refractivity contribution in [2.24, 2.45) is 0 Å². The molecule has 0 radical (unpaired) electrons. The lowest BCUT2D eigenvalue weighted by Gasteiger charge is -2.14. The first kappa shape index (κ1) is 12.7. The molecule has 2 aromatic heterocycles. The number of aromatic nitrogens is 2. The van der Waals surface area contributed by atoms with Crippen molar-refractivity contribution in [1.29, 1.82) is 0 Å². The molecule has 0 bridgehead atoms. The van der Waals surface area contributed by atoms with Crippen LogP contribution in [0.3, 0.4) is 0 Å². The van der Waals surface area contributed by atoms with Gasteiger partial charge in [0, 0.05) is 18.8 Å². The molecule has 1 N–H and O–H groups in total. The van der Waals surface area contributed by atoms with Gasteiger partial charge < -0.3 is 10.2 Å². The molecule has 0 saturated heterocycles. The second kappa shape index (κ2) is 4.66. The van der Waals surface area contributed by atoms with E-state index in [2.05, 4.69) is 15.3 Å². The molecule has 0 saturated carbocycles. The number of nitrogens with zero attached hydrogens (tertiary/aromatic N) is 3. The van der Waals surface area contributed by atoms with Crippen LogP contribution in [-0.2, 0) is 0 Å². The first-order chi connectivity index (χ1) is 9.58. The molecule has 0 aromatic carbocycles. The smallest absolute Gasteiger partial charge is 0.283 e. The predicted molar refractivity (Wildman–Crippen MR) is 69.3 cm³/mol. The first-order valence-corrected chi connectivity index (χ1v) is 5.97. The van der Waals surface area contributed by atoms with E-state index in [1.165, 1.54) is 6.07 Å². The van der Waals surface area contributed by atoms with Gasteiger partial charge in [0.15, 0.2) is 11.6 Å². The highest BCUT2D eigenvalue weighted by atomic mass is 19.3. The molecule has 3 heterocycles. The van der Waals surface area contributed by atoms with Crippen LogP contribution in [0.1, 0.15) is 12.1 Å². The van der Waals surface area contributed by atoms with E-state index < -0.39 is 17.9 Å². The SMILES string of the molecule is CN1CNc2nccc(-c3ccc(F)c(C(F)F)n3)c21. The number of nitrogens with one attached hydrogen (secondary N) is 1. The number of alkyl halides is 2. The minimum atomic E-state index is -2.94. The Morgan fingerprint density at radius 2 is 2.10 bits per heavy atom. The van der Waals surface area contributed by atoms with Crippen molar-refractivity contribution in [2.75, 3.05) is 23.9 Å². The highest BCUT2D eigenvalue weighted by Gasteiger charge is 2.23. The van der Waals surface area contributed by atoms with E-state index in [0.29, 0.717) is 23.7 Å². The number of hydrogen-bond acceptors (Lipinski definition) is 4. The largest absolute Gasteiger partial charge is 0.354 e. The zero-order chi connectivity index (χ0) is 14.3. The molecule has 1 aliphatic rings. The average Bonchev–Trinajstić information content (AvgIpc) is 2.81. The van der Waals surface area contributed by atoms with Crippen LogP contribution in [0.25, 0.3) is 11.3 Å². The molecule has 0 amide bonds. The topological polar surface area (TPSA) is 41.0 Å². The minimum Gasteiger partial charge on any atom is -0.354 e. The summed E-state index contributed by atoms with van der Waals surface area (Å²) in [5.74, 6) is -0.337. The van der Waals surface area contributed by atoms with Crippen molar-refractivity contribution >= 4 is 11.5 Å². The fourth-order valence-electron chi connectivity index (χ4n) is 2.21. The Labute approximate surface area is 113 Å². The fraction of sp³-hybridized carbons (Fsp3) is 0.231. The molecule has 2 aromatic rings. The van der Waals surface area contributed by atoms with Gasteiger partial charge in [0.2, 0.25) is 0 Å². The van der Waals surface area contributed by atoms with E-state index in [0.717, 1.165) is 11.8 Å². The molecular weight excluding hydrogens is 269 g/mol. The lowest BCUT2D eigenvalue weighted by Crippen LogP contribution is -2.16. The van der Waals surface area contributed by atoms with E-state index in [1.807, 2.05) is 11.9 Å². The van der Waals surface area contributed by atoms with Crippen molar-refractivity contribution in [3.63, 3.8) is 0 Å². The van der Waals surface area contributed by atoms with E-state index in [-0.39, 0.29) is 0 Å². The Kier molecular flexibility index (Phi) is 2.96. The number of hydrogen-bond donors (Lipinski definition) is 1. The molecule has 0 spiro atoms. The highest BCUT2D eigenvalue weighted by molar-refractivity contribution is 5.86. The zero-order valence-electron chi connectivity index (χ0n) is 10.6. The van der Waals surface area contributed by atoms with Crippen LogP contribution >= 0.6 is 0 Å². The van der Waals surface area contributed by atoms with Gasteiger partial charge in [0.05, 0.1) is 18.1 Å². The Bertz CT molecular complexity index is 660. The summed E-state index contributed by atoms with van der Waals surface area (Å²) in [6, 6.07) is 4.08. The van der Waals surface area contributed by atoms with Gasteiger partial charge in [-0.25, -0.2) is 23.1 Å². The Morgan fingerprint density at radius 3 is 2.85 bits per heavy atom. The van der Waals surface area contributed by atoms with Gasteiger partial charge in [-0.15, -0.1) is 0 Å². The highest BCUT2D eigenvalue weighted by Crippen LogP contribution is 2.38.